The minimum absolute atomic E-state index is 0.00490. The molecule has 0 fully saturated rings. The minimum Gasteiger partial charge on any atom is -0.494 e. The number of benzene rings is 2. The largest absolute Gasteiger partial charge is 0.494 e. The van der Waals surface area contributed by atoms with Crippen LogP contribution in [0, 0.1) is 11.6 Å². The lowest BCUT2D eigenvalue weighted by Crippen LogP contribution is -2.25. The lowest BCUT2D eigenvalue weighted by molar-refractivity contribution is 0.0519. The van der Waals surface area contributed by atoms with E-state index in [1.54, 1.807) is 31.2 Å². The molecule has 1 amide bonds. The molecule has 1 N–H and O–H groups in total. The number of thiophene rings is 1. The number of halogens is 2. The number of amides is 1. The zero-order valence-electron chi connectivity index (χ0n) is 18.6. The summed E-state index contributed by atoms with van der Waals surface area (Å²) in [5.74, 6) is -3.38. The van der Waals surface area contributed by atoms with E-state index < -0.39 is 34.6 Å². The van der Waals surface area contributed by atoms with Crippen LogP contribution in [-0.4, -0.2) is 34.9 Å². The molecule has 2 heterocycles. The lowest BCUT2D eigenvalue weighted by Gasteiger charge is -2.11. The third-order valence-electron chi connectivity index (χ3n) is 4.93. The van der Waals surface area contributed by atoms with E-state index in [-0.39, 0.29) is 28.1 Å². The molecule has 0 spiro atoms. The molecular weight excluding hydrogens is 480 g/mol. The van der Waals surface area contributed by atoms with Crippen molar-refractivity contribution >= 4 is 39.0 Å². The number of esters is 1. The van der Waals surface area contributed by atoms with Crippen LogP contribution in [0.3, 0.4) is 0 Å². The van der Waals surface area contributed by atoms with E-state index in [1.807, 2.05) is 6.92 Å². The second-order valence-corrected chi connectivity index (χ2v) is 8.00. The highest BCUT2D eigenvalue weighted by Gasteiger charge is 2.25. The van der Waals surface area contributed by atoms with Crippen LogP contribution in [0.25, 0.3) is 16.5 Å². The molecule has 0 unspecified atom stereocenters. The summed E-state index contributed by atoms with van der Waals surface area (Å²) in [6, 6.07) is 9.48. The van der Waals surface area contributed by atoms with Gasteiger partial charge in [0.25, 0.3) is 11.5 Å². The van der Waals surface area contributed by atoms with Crippen LogP contribution in [0.2, 0.25) is 0 Å². The molecule has 4 rings (SSSR count). The van der Waals surface area contributed by atoms with Gasteiger partial charge in [0.05, 0.1) is 24.3 Å². The Bertz CT molecular complexity index is 1460. The van der Waals surface area contributed by atoms with Gasteiger partial charge in [0.15, 0.2) is 5.69 Å². The number of nitrogens with zero attached hydrogens (tertiary/aromatic N) is 2. The van der Waals surface area contributed by atoms with Gasteiger partial charge in [0.2, 0.25) is 0 Å². The van der Waals surface area contributed by atoms with Crippen molar-refractivity contribution in [2.45, 2.75) is 13.8 Å². The fourth-order valence-corrected chi connectivity index (χ4v) is 4.33. The fraction of sp³-hybridized carbons (Fsp3) is 0.167. The zero-order valence-corrected chi connectivity index (χ0v) is 19.4. The number of ether oxygens (including phenoxy) is 2. The monoisotopic (exact) mass is 499 g/mol. The molecule has 0 atom stereocenters. The smallest absolute Gasteiger partial charge is 0.359 e. The van der Waals surface area contributed by atoms with Gasteiger partial charge in [-0.2, -0.15) is 9.78 Å². The molecule has 0 bridgehead atoms. The normalized spacial score (nSPS) is 10.9. The maximum absolute atomic E-state index is 14.1. The average Bonchev–Trinajstić information content (AvgIpc) is 3.24. The van der Waals surface area contributed by atoms with Crippen LogP contribution in [0.5, 0.6) is 5.75 Å². The van der Waals surface area contributed by atoms with E-state index in [0.29, 0.717) is 18.0 Å². The van der Waals surface area contributed by atoms with E-state index in [1.165, 1.54) is 5.38 Å². The van der Waals surface area contributed by atoms with E-state index in [2.05, 4.69) is 10.4 Å². The number of hydrogen-bond donors (Lipinski definition) is 1. The number of hydrogen-bond acceptors (Lipinski definition) is 7. The molecule has 8 nitrogen and oxygen atoms in total. The first-order valence-electron chi connectivity index (χ1n) is 10.6. The molecule has 2 aromatic carbocycles. The molecule has 0 aliphatic rings. The van der Waals surface area contributed by atoms with Gasteiger partial charge < -0.3 is 14.8 Å². The third-order valence-corrected chi connectivity index (χ3v) is 5.83. The first-order valence-corrected chi connectivity index (χ1v) is 11.4. The van der Waals surface area contributed by atoms with Crippen molar-refractivity contribution in [3.05, 3.63) is 81.1 Å². The van der Waals surface area contributed by atoms with Gasteiger partial charge in [-0.25, -0.2) is 13.6 Å². The highest BCUT2D eigenvalue weighted by molar-refractivity contribution is 7.16. The number of nitrogens with one attached hydrogen (secondary N) is 1. The Morgan fingerprint density at radius 2 is 1.74 bits per heavy atom. The molecule has 0 aliphatic heterocycles. The summed E-state index contributed by atoms with van der Waals surface area (Å²) in [5.41, 5.74) is -1.26. The number of anilines is 1. The van der Waals surface area contributed by atoms with Gasteiger partial charge in [-0.1, -0.05) is 6.07 Å². The van der Waals surface area contributed by atoms with Crippen LogP contribution >= 0.6 is 11.3 Å². The summed E-state index contributed by atoms with van der Waals surface area (Å²) in [6.07, 6.45) is 0. The molecule has 0 radical (unpaired) electrons. The molecule has 180 valence electrons. The van der Waals surface area contributed by atoms with Crippen molar-refractivity contribution in [2.24, 2.45) is 0 Å². The van der Waals surface area contributed by atoms with Crippen LogP contribution in [0.4, 0.5) is 13.8 Å². The maximum Gasteiger partial charge on any atom is 0.359 e. The van der Waals surface area contributed by atoms with Crippen molar-refractivity contribution in [1.82, 2.24) is 9.78 Å². The van der Waals surface area contributed by atoms with Crippen LogP contribution in [0.15, 0.2) is 52.6 Å². The number of rotatable bonds is 7. The Morgan fingerprint density at radius 3 is 2.37 bits per heavy atom. The van der Waals surface area contributed by atoms with Crippen molar-refractivity contribution in [2.75, 3.05) is 18.5 Å². The molecule has 0 aliphatic carbocycles. The first kappa shape index (κ1) is 24.0. The van der Waals surface area contributed by atoms with Crippen LogP contribution < -0.4 is 15.6 Å². The Labute approximate surface area is 201 Å². The van der Waals surface area contributed by atoms with E-state index >= 15 is 0 Å². The fourth-order valence-electron chi connectivity index (χ4n) is 3.40. The molecule has 2 aromatic heterocycles. The summed E-state index contributed by atoms with van der Waals surface area (Å²) < 4.78 is 39.7. The van der Waals surface area contributed by atoms with Crippen LogP contribution in [0.1, 0.15) is 34.7 Å². The molecule has 0 saturated heterocycles. The molecular formula is C24H19F2N3O5S. The topological polar surface area (TPSA) is 99.5 Å². The number of aromatic nitrogens is 2. The first-order chi connectivity index (χ1) is 16.8. The average molecular weight is 499 g/mol. The van der Waals surface area contributed by atoms with E-state index in [4.69, 9.17) is 9.47 Å². The highest BCUT2D eigenvalue weighted by Crippen LogP contribution is 2.31. The van der Waals surface area contributed by atoms with Crippen LogP contribution in [-0.2, 0) is 4.74 Å². The summed E-state index contributed by atoms with van der Waals surface area (Å²) in [6.45, 7) is 3.99. The Kier molecular flexibility index (Phi) is 6.87. The predicted octanol–water partition coefficient (Wildman–Crippen LogP) is 4.55. The minimum atomic E-state index is -1.08. The second-order valence-electron chi connectivity index (χ2n) is 7.12. The van der Waals surface area contributed by atoms with Crippen molar-refractivity contribution in [3.63, 3.8) is 0 Å². The summed E-state index contributed by atoms with van der Waals surface area (Å²) >= 11 is 0.916. The summed E-state index contributed by atoms with van der Waals surface area (Å²) in [4.78, 5) is 38.7. The number of fused-ring (bicyclic) bond motifs is 1. The molecule has 35 heavy (non-hydrogen) atoms. The quantitative estimate of drug-likeness (QED) is 0.375. The molecule has 11 heteroatoms. The van der Waals surface area contributed by atoms with Crippen molar-refractivity contribution < 1.29 is 27.8 Å². The van der Waals surface area contributed by atoms with Gasteiger partial charge in [-0.15, -0.1) is 11.3 Å². The third kappa shape index (κ3) is 4.62. The number of carbonyl (C=O) groups excluding carboxylic acids is 2. The zero-order chi connectivity index (χ0) is 25.1. The standard InChI is InChI=1S/C24H19F2N3O5S/c1-3-33-14-10-8-13(9-11-14)29-23(31)18-15(20(28-29)24(32)34-4-2)12-35-22(18)27-21(30)19-16(25)6-5-7-17(19)26/h5-12H,3-4H2,1-2H3,(H,27,30). The highest BCUT2D eigenvalue weighted by atomic mass is 32.1. The van der Waals surface area contributed by atoms with Crippen molar-refractivity contribution in [3.8, 4) is 11.4 Å². The van der Waals surface area contributed by atoms with E-state index in [9.17, 15) is 23.2 Å². The Balaban J connectivity index is 1.87. The summed E-state index contributed by atoms with van der Waals surface area (Å²) in [7, 11) is 0. The summed E-state index contributed by atoms with van der Waals surface area (Å²) in [5, 5.41) is 8.15. The number of carbonyl (C=O) groups is 2. The maximum atomic E-state index is 14.1. The second kappa shape index (κ2) is 10.0. The Morgan fingerprint density at radius 1 is 1.06 bits per heavy atom. The Hall–Kier alpha value is -4.12. The van der Waals surface area contributed by atoms with Gasteiger partial charge in [0.1, 0.15) is 27.9 Å². The molecule has 0 saturated carbocycles. The lowest BCUT2D eigenvalue weighted by atomic mass is 10.1. The molecule has 4 aromatic rings. The van der Waals surface area contributed by atoms with Gasteiger partial charge >= 0.3 is 5.97 Å². The van der Waals surface area contributed by atoms with E-state index in [0.717, 1.165) is 34.2 Å². The predicted molar refractivity (Wildman–Crippen MR) is 127 cm³/mol. The van der Waals surface area contributed by atoms with Gasteiger partial charge in [0, 0.05) is 10.8 Å². The van der Waals surface area contributed by atoms with Gasteiger partial charge in [-0.3, -0.25) is 9.59 Å². The van der Waals surface area contributed by atoms with Gasteiger partial charge in [-0.05, 0) is 50.2 Å². The van der Waals surface area contributed by atoms with Crippen molar-refractivity contribution in [1.29, 1.82) is 0 Å². The SMILES string of the molecule is CCOC(=O)c1nn(-c2ccc(OCC)cc2)c(=O)c2c(NC(=O)c3c(F)cccc3F)scc12.